The van der Waals surface area contributed by atoms with Gasteiger partial charge in [-0.2, -0.15) is 0 Å². The average Bonchev–Trinajstić information content (AvgIpc) is 2.72. The maximum atomic E-state index is 5.50. The van der Waals surface area contributed by atoms with Gasteiger partial charge in [0.2, 0.25) is 0 Å². The van der Waals surface area contributed by atoms with Crippen LogP contribution in [0.15, 0.2) is 0 Å². The fourth-order valence-electron chi connectivity index (χ4n) is 2.56. The lowest BCUT2D eigenvalue weighted by atomic mass is 10.1. The van der Waals surface area contributed by atoms with E-state index in [-0.39, 0.29) is 0 Å². The van der Waals surface area contributed by atoms with E-state index < -0.39 is 0 Å². The van der Waals surface area contributed by atoms with Crippen LogP contribution in [0.2, 0.25) is 0 Å². The molecule has 2 fully saturated rings. The quantitative estimate of drug-likeness (QED) is 0.658. The topological polar surface area (TPSA) is 24.5 Å². The molecule has 0 spiro atoms. The summed E-state index contributed by atoms with van der Waals surface area (Å²) in [5, 5.41) is 3.57. The Morgan fingerprint density at radius 3 is 3.07 bits per heavy atom. The molecule has 2 aliphatic heterocycles. The number of ether oxygens (including phenoxy) is 1. The zero-order chi connectivity index (χ0) is 9.80. The number of rotatable bonds is 5. The van der Waals surface area contributed by atoms with Gasteiger partial charge in [-0.1, -0.05) is 6.92 Å². The summed E-state index contributed by atoms with van der Waals surface area (Å²) in [6, 6.07) is 0.779. The number of nitrogens with one attached hydrogen (secondary N) is 1. The second-order valence-corrected chi connectivity index (χ2v) is 4.48. The molecule has 0 aromatic rings. The molecule has 0 radical (unpaired) electrons. The largest absolute Gasteiger partial charge is 0.380 e. The van der Waals surface area contributed by atoms with Gasteiger partial charge in [0.05, 0.1) is 6.61 Å². The summed E-state index contributed by atoms with van der Waals surface area (Å²) in [6.07, 6.45) is 2.50. The Labute approximate surface area is 86.8 Å². The van der Waals surface area contributed by atoms with E-state index in [4.69, 9.17) is 4.74 Å². The minimum absolute atomic E-state index is 0.779. The normalized spacial score (nSPS) is 32.4. The highest BCUT2D eigenvalue weighted by atomic mass is 16.5. The number of likely N-dealkylation sites (tertiary alicyclic amines) is 1. The third kappa shape index (κ3) is 2.47. The van der Waals surface area contributed by atoms with E-state index in [2.05, 4.69) is 17.1 Å². The smallest absolute Gasteiger partial charge is 0.0593 e. The van der Waals surface area contributed by atoms with E-state index in [0.29, 0.717) is 0 Å². The first kappa shape index (κ1) is 10.4. The molecule has 1 N–H and O–H groups in total. The minimum Gasteiger partial charge on any atom is -0.380 e. The van der Waals surface area contributed by atoms with Gasteiger partial charge in [0.1, 0.15) is 0 Å². The molecule has 3 heteroatoms. The van der Waals surface area contributed by atoms with Crippen molar-refractivity contribution in [3.8, 4) is 0 Å². The molecule has 0 bridgehead atoms. The van der Waals surface area contributed by atoms with Crippen LogP contribution in [0.5, 0.6) is 0 Å². The van der Waals surface area contributed by atoms with Crippen molar-refractivity contribution in [2.45, 2.75) is 25.8 Å². The molecule has 2 rings (SSSR count). The van der Waals surface area contributed by atoms with Crippen molar-refractivity contribution < 1.29 is 4.74 Å². The Morgan fingerprint density at radius 1 is 1.36 bits per heavy atom. The van der Waals surface area contributed by atoms with E-state index >= 15 is 0 Å². The molecule has 14 heavy (non-hydrogen) atoms. The van der Waals surface area contributed by atoms with Gasteiger partial charge in [0, 0.05) is 32.3 Å². The highest BCUT2D eigenvalue weighted by Crippen LogP contribution is 2.23. The predicted octanol–water partition coefficient (Wildman–Crippen LogP) is 0.707. The van der Waals surface area contributed by atoms with E-state index in [1.807, 2.05) is 0 Å². The zero-order valence-electron chi connectivity index (χ0n) is 9.17. The van der Waals surface area contributed by atoms with Crippen LogP contribution in [0, 0.1) is 5.92 Å². The van der Waals surface area contributed by atoms with Crippen LogP contribution >= 0.6 is 0 Å². The van der Waals surface area contributed by atoms with Crippen molar-refractivity contribution in [2.75, 3.05) is 39.4 Å². The molecule has 2 heterocycles. The van der Waals surface area contributed by atoms with Crippen molar-refractivity contribution in [3.63, 3.8) is 0 Å². The summed E-state index contributed by atoms with van der Waals surface area (Å²) in [5.74, 6) is 0.918. The van der Waals surface area contributed by atoms with E-state index in [1.165, 1.54) is 26.1 Å². The third-order valence-electron chi connectivity index (χ3n) is 3.34. The molecular weight excluding hydrogens is 176 g/mol. The lowest BCUT2D eigenvalue weighted by molar-refractivity contribution is 0.109. The van der Waals surface area contributed by atoms with Gasteiger partial charge in [-0.3, -0.25) is 4.90 Å². The number of hydrogen-bond donors (Lipinski definition) is 1. The Hall–Kier alpha value is -0.120. The van der Waals surface area contributed by atoms with Crippen molar-refractivity contribution in [1.29, 1.82) is 0 Å². The number of nitrogens with zero attached hydrogens (tertiary/aromatic N) is 1. The molecule has 82 valence electrons. The van der Waals surface area contributed by atoms with Gasteiger partial charge in [0.15, 0.2) is 0 Å². The number of hydrogen-bond acceptors (Lipinski definition) is 3. The first-order valence-electron chi connectivity index (χ1n) is 5.93. The predicted molar refractivity (Wildman–Crippen MR) is 57.4 cm³/mol. The zero-order valence-corrected chi connectivity index (χ0v) is 9.17. The molecule has 0 aromatic heterocycles. The molecule has 0 saturated carbocycles. The summed E-state index contributed by atoms with van der Waals surface area (Å²) in [4.78, 5) is 2.54. The van der Waals surface area contributed by atoms with Crippen molar-refractivity contribution in [3.05, 3.63) is 0 Å². The summed E-state index contributed by atoms with van der Waals surface area (Å²) < 4.78 is 5.50. The second kappa shape index (κ2) is 5.10. The lowest BCUT2D eigenvalue weighted by Crippen LogP contribution is -2.31. The van der Waals surface area contributed by atoms with Crippen LogP contribution in [-0.2, 0) is 4.74 Å². The fourth-order valence-corrected chi connectivity index (χ4v) is 2.56. The molecule has 2 aliphatic rings. The van der Waals surface area contributed by atoms with Crippen LogP contribution in [-0.4, -0.2) is 50.3 Å². The third-order valence-corrected chi connectivity index (χ3v) is 3.34. The molecular formula is C11H22N2O. The van der Waals surface area contributed by atoms with Crippen molar-refractivity contribution in [1.82, 2.24) is 10.2 Å². The minimum atomic E-state index is 0.779. The fraction of sp³-hybridized carbons (Fsp3) is 1.00. The molecule has 3 nitrogen and oxygen atoms in total. The molecule has 0 aliphatic carbocycles. The van der Waals surface area contributed by atoms with Crippen molar-refractivity contribution in [2.24, 2.45) is 5.92 Å². The van der Waals surface area contributed by atoms with E-state index in [0.717, 1.165) is 38.1 Å². The molecule has 0 aromatic carbocycles. The van der Waals surface area contributed by atoms with Gasteiger partial charge in [-0.25, -0.2) is 0 Å². The average molecular weight is 198 g/mol. The van der Waals surface area contributed by atoms with Gasteiger partial charge in [0.25, 0.3) is 0 Å². The number of fused-ring (bicyclic) bond motifs is 1. The van der Waals surface area contributed by atoms with Gasteiger partial charge in [-0.05, 0) is 25.3 Å². The summed E-state index contributed by atoms with van der Waals surface area (Å²) in [5.41, 5.74) is 0. The molecule has 0 amide bonds. The summed E-state index contributed by atoms with van der Waals surface area (Å²) >= 11 is 0. The van der Waals surface area contributed by atoms with Gasteiger partial charge < -0.3 is 10.1 Å². The standard InChI is InChI=1S/C11H22N2O/c1-2-6-14-7-5-13-8-10-3-4-12-11(10)9-13/h10-12H,2-9H2,1H3/t10-,11+/m0/s1. The van der Waals surface area contributed by atoms with Gasteiger partial charge >= 0.3 is 0 Å². The first-order chi connectivity index (χ1) is 6.90. The highest BCUT2D eigenvalue weighted by molar-refractivity contribution is 4.93. The molecule has 2 saturated heterocycles. The first-order valence-corrected chi connectivity index (χ1v) is 5.93. The SMILES string of the molecule is CCCOCCN1C[C@@H]2CCN[C@@H]2C1. The maximum Gasteiger partial charge on any atom is 0.0593 e. The monoisotopic (exact) mass is 198 g/mol. The Kier molecular flexibility index (Phi) is 3.79. The van der Waals surface area contributed by atoms with Crippen LogP contribution < -0.4 is 5.32 Å². The van der Waals surface area contributed by atoms with Crippen molar-refractivity contribution >= 4 is 0 Å². The lowest BCUT2D eigenvalue weighted by Gasteiger charge is -2.16. The summed E-state index contributed by atoms with van der Waals surface area (Å²) in [7, 11) is 0. The molecule has 2 atom stereocenters. The molecule has 0 unspecified atom stereocenters. The van der Waals surface area contributed by atoms with Crippen LogP contribution in [0.3, 0.4) is 0 Å². The van der Waals surface area contributed by atoms with Crippen LogP contribution in [0.25, 0.3) is 0 Å². The Morgan fingerprint density at radius 2 is 2.29 bits per heavy atom. The van der Waals surface area contributed by atoms with Crippen LogP contribution in [0.1, 0.15) is 19.8 Å². The summed E-state index contributed by atoms with van der Waals surface area (Å²) in [6.45, 7) is 8.86. The Bertz CT molecular complexity index is 163. The van der Waals surface area contributed by atoms with E-state index in [1.54, 1.807) is 0 Å². The second-order valence-electron chi connectivity index (χ2n) is 4.48. The van der Waals surface area contributed by atoms with Crippen LogP contribution in [0.4, 0.5) is 0 Å². The Balaban J connectivity index is 1.60. The van der Waals surface area contributed by atoms with Gasteiger partial charge in [-0.15, -0.1) is 0 Å². The highest BCUT2D eigenvalue weighted by Gasteiger charge is 2.35. The van der Waals surface area contributed by atoms with E-state index in [9.17, 15) is 0 Å². The maximum absolute atomic E-state index is 5.50.